The van der Waals surface area contributed by atoms with Gasteiger partial charge in [-0.25, -0.2) is 0 Å². The van der Waals surface area contributed by atoms with Gasteiger partial charge in [-0.15, -0.1) is 0 Å². The molecule has 2 heteroatoms. The van der Waals surface area contributed by atoms with Gasteiger partial charge in [-0.05, 0) is 35.0 Å². The Morgan fingerprint density at radius 1 is 0.833 bits per heavy atom. The standard InChI is InChI=1S/C16H33O.Al.2H/c1-14(2,3)11-10-12(15(4,5)6)13(17)16(7,8)9;;;/h12-13H,10-11H2,1-9H3;;;/q-1;+1;;. The normalized spacial score (nSPS) is 17.6. The summed E-state index contributed by atoms with van der Waals surface area (Å²) in [4.78, 5) is 0. The van der Waals surface area contributed by atoms with Crippen LogP contribution in [0.1, 0.15) is 75.2 Å². The monoisotopic (exact) mass is 270 g/mol. The average molecular weight is 270 g/mol. The molecule has 0 aliphatic heterocycles. The smallest absolute Gasteiger partial charge is 0.410 e. The van der Waals surface area contributed by atoms with E-state index in [1.54, 1.807) is 0 Å². The minimum Gasteiger partial charge on any atom is -0.503 e. The van der Waals surface area contributed by atoms with Crippen LogP contribution in [0.5, 0.6) is 0 Å². The summed E-state index contributed by atoms with van der Waals surface area (Å²) in [6.07, 6.45) is 2.91. The Morgan fingerprint density at radius 2 is 1.28 bits per heavy atom. The van der Waals surface area contributed by atoms with Gasteiger partial charge >= 0.3 is 16.6 Å². The first kappa shape index (κ1) is 18.5. The van der Waals surface area contributed by atoms with Gasteiger partial charge < -0.3 is 3.79 Å². The van der Waals surface area contributed by atoms with E-state index in [0.717, 1.165) is 16.6 Å². The van der Waals surface area contributed by atoms with Crippen molar-refractivity contribution in [1.82, 2.24) is 0 Å². The number of hydrogen-bond donors (Lipinski definition) is 0. The van der Waals surface area contributed by atoms with E-state index in [1.165, 1.54) is 12.8 Å². The van der Waals surface area contributed by atoms with E-state index in [9.17, 15) is 0 Å². The fourth-order valence-electron chi connectivity index (χ4n) is 2.75. The van der Waals surface area contributed by atoms with Crippen LogP contribution in [0.15, 0.2) is 0 Å². The first-order chi connectivity index (χ1) is 7.79. The minimum absolute atomic E-state index is 0.234. The van der Waals surface area contributed by atoms with E-state index in [2.05, 4.69) is 62.3 Å². The molecular formula is C16H35AlO. The molecule has 0 amide bonds. The van der Waals surface area contributed by atoms with Gasteiger partial charge in [-0.1, -0.05) is 62.3 Å². The van der Waals surface area contributed by atoms with Crippen LogP contribution in [0.25, 0.3) is 0 Å². The van der Waals surface area contributed by atoms with Crippen LogP contribution in [-0.4, -0.2) is 22.7 Å². The summed E-state index contributed by atoms with van der Waals surface area (Å²) in [6, 6.07) is 0. The molecule has 0 aromatic heterocycles. The summed E-state index contributed by atoms with van der Waals surface area (Å²) in [5.41, 5.74) is 0.961. The van der Waals surface area contributed by atoms with Gasteiger partial charge in [-0.2, -0.15) is 0 Å². The Balaban J connectivity index is 5.00. The molecule has 0 radical (unpaired) electrons. The summed E-state index contributed by atoms with van der Waals surface area (Å²) in [5, 5.41) is 0. The maximum Gasteiger partial charge on any atom is 0.410 e. The van der Waals surface area contributed by atoms with Crippen molar-refractivity contribution in [2.75, 3.05) is 0 Å². The number of rotatable bonds is 4. The highest BCUT2D eigenvalue weighted by atomic mass is 27.1. The summed E-state index contributed by atoms with van der Waals surface area (Å²) < 4.78 is 6.01. The van der Waals surface area contributed by atoms with Crippen molar-refractivity contribution >= 4 is 16.6 Å². The van der Waals surface area contributed by atoms with Crippen LogP contribution < -0.4 is 0 Å². The summed E-state index contributed by atoms with van der Waals surface area (Å²) >= 11 is 0.831. The van der Waals surface area contributed by atoms with E-state index in [0.29, 0.717) is 22.9 Å². The van der Waals surface area contributed by atoms with Crippen LogP contribution in [0.4, 0.5) is 0 Å². The van der Waals surface area contributed by atoms with Crippen LogP contribution in [0.2, 0.25) is 0 Å². The van der Waals surface area contributed by atoms with Gasteiger partial charge in [0.25, 0.3) is 0 Å². The largest absolute Gasteiger partial charge is 0.503 e. The zero-order valence-corrected chi connectivity index (χ0v) is 16.5. The van der Waals surface area contributed by atoms with Crippen LogP contribution in [0.3, 0.4) is 0 Å². The van der Waals surface area contributed by atoms with Crippen LogP contribution >= 0.6 is 0 Å². The second-order valence-corrected chi connectivity index (χ2v) is 9.57. The molecule has 0 saturated carbocycles. The Morgan fingerprint density at radius 3 is 1.50 bits per heavy atom. The van der Waals surface area contributed by atoms with Gasteiger partial charge in [0.2, 0.25) is 0 Å². The van der Waals surface area contributed by atoms with E-state index >= 15 is 0 Å². The molecule has 0 saturated heterocycles. The Hall–Kier alpha value is 0.492. The molecule has 18 heavy (non-hydrogen) atoms. The molecule has 2 unspecified atom stereocenters. The zero-order chi connectivity index (χ0) is 14.8. The molecule has 0 aliphatic rings. The third-order valence-corrected chi connectivity index (χ3v) is 4.30. The SMILES string of the molecule is CC(C)(C)CCC(C([O][AlH2])C(C)(C)C)C(C)(C)C. The molecule has 0 N–H and O–H groups in total. The minimum atomic E-state index is 0.234. The Labute approximate surface area is 124 Å². The molecule has 1 nitrogen and oxygen atoms in total. The van der Waals surface area contributed by atoms with E-state index in [1.807, 2.05) is 0 Å². The lowest BCUT2D eigenvalue weighted by Gasteiger charge is -2.45. The van der Waals surface area contributed by atoms with Crippen molar-refractivity contribution in [2.24, 2.45) is 22.2 Å². The summed E-state index contributed by atoms with van der Waals surface area (Å²) in [6.45, 7) is 21.0. The Bertz CT molecular complexity index is 239. The lowest BCUT2D eigenvalue weighted by atomic mass is 9.67. The first-order valence-corrected chi connectivity index (χ1v) is 8.13. The summed E-state index contributed by atoms with van der Waals surface area (Å²) in [5.74, 6) is 0.634. The molecule has 108 valence electrons. The molecule has 0 heterocycles. The third kappa shape index (κ3) is 6.60. The highest BCUT2D eigenvalue weighted by molar-refractivity contribution is 5.98. The van der Waals surface area contributed by atoms with E-state index in [4.69, 9.17) is 3.79 Å². The van der Waals surface area contributed by atoms with Crippen molar-refractivity contribution in [3.63, 3.8) is 0 Å². The number of hydrogen-bond acceptors (Lipinski definition) is 1. The fourth-order valence-corrected chi connectivity index (χ4v) is 3.78. The second kappa shape index (κ2) is 6.29. The van der Waals surface area contributed by atoms with E-state index < -0.39 is 0 Å². The van der Waals surface area contributed by atoms with Gasteiger partial charge in [0, 0.05) is 6.10 Å². The van der Waals surface area contributed by atoms with Crippen molar-refractivity contribution in [1.29, 1.82) is 0 Å². The quantitative estimate of drug-likeness (QED) is 0.686. The lowest BCUT2D eigenvalue weighted by molar-refractivity contribution is -0.0156. The van der Waals surface area contributed by atoms with Crippen molar-refractivity contribution in [2.45, 2.75) is 81.3 Å². The van der Waals surface area contributed by atoms with Gasteiger partial charge in [0.05, 0.1) is 0 Å². The van der Waals surface area contributed by atoms with Gasteiger partial charge in [0.1, 0.15) is 0 Å². The first-order valence-electron chi connectivity index (χ1n) is 7.32. The molecule has 0 aliphatic carbocycles. The van der Waals surface area contributed by atoms with Gasteiger partial charge in [0.15, 0.2) is 0 Å². The zero-order valence-electron chi connectivity index (χ0n) is 14.5. The molecular weight excluding hydrogens is 235 g/mol. The topological polar surface area (TPSA) is 9.23 Å². The van der Waals surface area contributed by atoms with Crippen LogP contribution in [-0.2, 0) is 3.79 Å². The predicted octanol–water partition coefficient (Wildman–Crippen LogP) is 4.45. The molecule has 0 rings (SSSR count). The highest BCUT2D eigenvalue weighted by Gasteiger charge is 2.38. The van der Waals surface area contributed by atoms with Crippen molar-refractivity contribution < 1.29 is 3.79 Å². The van der Waals surface area contributed by atoms with Crippen molar-refractivity contribution in [3.8, 4) is 0 Å². The second-order valence-electron chi connectivity index (χ2n) is 9.09. The van der Waals surface area contributed by atoms with Crippen LogP contribution in [0, 0.1) is 22.2 Å². The summed E-state index contributed by atoms with van der Waals surface area (Å²) in [7, 11) is 0. The fraction of sp³-hybridized carbons (Fsp3) is 1.00. The third-order valence-electron chi connectivity index (χ3n) is 3.79. The molecule has 0 aromatic rings. The highest BCUT2D eigenvalue weighted by Crippen LogP contribution is 2.42. The lowest BCUT2D eigenvalue weighted by Crippen LogP contribution is -2.42. The van der Waals surface area contributed by atoms with E-state index in [-0.39, 0.29) is 5.41 Å². The molecule has 0 bridgehead atoms. The molecule has 0 spiro atoms. The Kier molecular flexibility index (Phi) is 6.47. The van der Waals surface area contributed by atoms with Gasteiger partial charge in [-0.3, -0.25) is 0 Å². The van der Waals surface area contributed by atoms with Crippen molar-refractivity contribution in [3.05, 3.63) is 0 Å². The predicted molar refractivity (Wildman–Crippen MR) is 84.5 cm³/mol. The molecule has 2 atom stereocenters. The molecule has 0 fully saturated rings. The maximum atomic E-state index is 6.01. The molecule has 0 aromatic carbocycles. The maximum absolute atomic E-state index is 6.01. The average Bonchev–Trinajstić information content (AvgIpc) is 2.05.